The van der Waals surface area contributed by atoms with Gasteiger partial charge in [0.05, 0.1) is 11.9 Å². The number of rotatable bonds is 5. The van der Waals surface area contributed by atoms with Crippen LogP contribution in [0, 0.1) is 0 Å². The van der Waals surface area contributed by atoms with Gasteiger partial charge in [-0.25, -0.2) is 14.8 Å². The minimum atomic E-state index is -2.73. The lowest BCUT2D eigenvalue weighted by Gasteiger charge is -2.45. The number of H-pyrrole nitrogens is 1. The fourth-order valence-electron chi connectivity index (χ4n) is 4.19. The number of alkyl halides is 2. The quantitative estimate of drug-likeness (QED) is 0.562. The molecule has 5 rings (SSSR count). The lowest BCUT2D eigenvalue weighted by atomic mass is 9.90. The highest BCUT2D eigenvalue weighted by atomic mass is 35.5. The first-order valence-corrected chi connectivity index (χ1v) is 10.6. The third kappa shape index (κ3) is 3.62. The summed E-state index contributed by atoms with van der Waals surface area (Å²) in [5.74, 6) is 0.493. The van der Waals surface area contributed by atoms with Gasteiger partial charge in [0.1, 0.15) is 6.29 Å². The van der Waals surface area contributed by atoms with Gasteiger partial charge in [0.2, 0.25) is 0 Å². The van der Waals surface area contributed by atoms with Crippen LogP contribution in [0.5, 0.6) is 0 Å². The number of hydrogen-bond acceptors (Lipinski definition) is 7. The summed E-state index contributed by atoms with van der Waals surface area (Å²) >= 11 is 6.60. The first-order chi connectivity index (χ1) is 15.9. The maximum Gasteiger partial charge on any atom is 0.333 e. The molecule has 0 unspecified atom stereocenters. The number of tetrazole rings is 1. The van der Waals surface area contributed by atoms with Crippen LogP contribution in [0.4, 0.5) is 8.78 Å². The maximum atomic E-state index is 13.0. The number of carbonyl (C=O) groups is 1. The average molecular weight is 473 g/mol. The summed E-state index contributed by atoms with van der Waals surface area (Å²) in [5, 5.41) is 22.2. The molecule has 0 saturated heterocycles. The Bertz CT molecular complexity index is 1280. The molecule has 9 nitrogen and oxygen atoms in total. The molecule has 170 valence electrons. The largest absolute Gasteiger partial charge is 0.333 e. The van der Waals surface area contributed by atoms with Gasteiger partial charge in [-0.3, -0.25) is 9.80 Å². The number of nitrogens with one attached hydrogen (secondary N) is 1. The van der Waals surface area contributed by atoms with Gasteiger partial charge in [-0.1, -0.05) is 11.6 Å². The van der Waals surface area contributed by atoms with Crippen molar-refractivity contribution in [2.75, 3.05) is 0 Å². The minimum absolute atomic E-state index is 0.0882. The van der Waals surface area contributed by atoms with E-state index in [0.717, 1.165) is 28.7 Å². The van der Waals surface area contributed by atoms with E-state index in [0.29, 0.717) is 45.2 Å². The van der Waals surface area contributed by atoms with Gasteiger partial charge in [-0.15, -0.1) is 5.10 Å². The zero-order valence-electron chi connectivity index (χ0n) is 17.7. The number of aromatic nitrogens is 6. The molecule has 0 amide bonds. The van der Waals surface area contributed by atoms with Gasteiger partial charge in [0.25, 0.3) is 0 Å². The Hall–Kier alpha value is -3.44. The van der Waals surface area contributed by atoms with Crippen LogP contribution >= 0.6 is 11.6 Å². The van der Waals surface area contributed by atoms with Crippen LogP contribution in [-0.4, -0.2) is 52.8 Å². The fourth-order valence-corrected chi connectivity index (χ4v) is 4.46. The molecule has 4 heterocycles. The summed E-state index contributed by atoms with van der Waals surface area (Å²) in [5.41, 5.74) is 4.91. The number of aromatic amines is 1. The van der Waals surface area contributed by atoms with Crippen molar-refractivity contribution in [1.29, 1.82) is 0 Å². The smallest absolute Gasteiger partial charge is 0.298 e. The van der Waals surface area contributed by atoms with Crippen molar-refractivity contribution in [1.82, 2.24) is 40.4 Å². The molecule has 1 aromatic carbocycles. The number of halogens is 3. The first-order valence-electron chi connectivity index (χ1n) is 10.2. The molecule has 2 aliphatic heterocycles. The van der Waals surface area contributed by atoms with Crippen molar-refractivity contribution in [2.45, 2.75) is 39.4 Å². The zero-order valence-corrected chi connectivity index (χ0v) is 18.5. The van der Waals surface area contributed by atoms with Crippen LogP contribution in [0.3, 0.4) is 0 Å². The summed E-state index contributed by atoms with van der Waals surface area (Å²) in [6.45, 7) is 1.88. The van der Waals surface area contributed by atoms with E-state index < -0.39 is 6.55 Å². The van der Waals surface area contributed by atoms with E-state index in [9.17, 15) is 13.6 Å². The molecule has 3 aromatic rings. The van der Waals surface area contributed by atoms with Crippen molar-refractivity contribution >= 4 is 29.2 Å². The van der Waals surface area contributed by atoms with Crippen LogP contribution in [0.25, 0.3) is 22.4 Å². The van der Waals surface area contributed by atoms with Crippen molar-refractivity contribution in [2.24, 2.45) is 0 Å². The van der Waals surface area contributed by atoms with E-state index in [1.165, 1.54) is 12.4 Å². The lowest BCUT2D eigenvalue weighted by Crippen LogP contribution is -2.46. The Balaban J connectivity index is 1.65. The standard InChI is InChI=1S/C21H19ClF2N8O/c1-11(2)31-8-12-4-16(15-6-25-30(7-15)21(23)24)18(22)5-17(12)19-14(10-33)3-13(9-32(19)31)20-26-28-29-27-20/h4-7,9-11,21H,3,8H2,1-2H3,(H,26,27,28,29). The number of allylic oxidation sites excluding steroid dienone is 2. The van der Waals surface area contributed by atoms with Gasteiger partial charge in [-0.05, 0) is 42.0 Å². The SMILES string of the molecule is CC(C)N1Cc2cc(-c3cnn(C(F)F)c3)c(Cl)cc2C2=C(C=O)CC(c3nnn[nH]3)=CN21. The monoisotopic (exact) mass is 472 g/mol. The maximum absolute atomic E-state index is 13.0. The Kier molecular flexibility index (Phi) is 5.29. The van der Waals surface area contributed by atoms with Crippen LogP contribution in [0.1, 0.15) is 43.8 Å². The third-order valence-corrected chi connectivity index (χ3v) is 6.06. The van der Waals surface area contributed by atoms with Crippen LogP contribution in [0.2, 0.25) is 5.02 Å². The van der Waals surface area contributed by atoms with Crippen LogP contribution in [-0.2, 0) is 11.3 Å². The molecule has 0 saturated carbocycles. The van der Waals surface area contributed by atoms with Gasteiger partial charge >= 0.3 is 6.55 Å². The molecule has 12 heteroatoms. The zero-order chi connectivity index (χ0) is 23.3. The molecule has 2 aliphatic rings. The number of aldehydes is 1. The molecule has 2 aromatic heterocycles. The van der Waals surface area contributed by atoms with E-state index in [1.54, 1.807) is 6.07 Å². The van der Waals surface area contributed by atoms with E-state index >= 15 is 0 Å². The second-order valence-corrected chi connectivity index (χ2v) is 8.49. The number of hydrazine groups is 1. The number of benzene rings is 1. The third-order valence-electron chi connectivity index (χ3n) is 5.75. The van der Waals surface area contributed by atoms with E-state index in [2.05, 4.69) is 30.7 Å². The van der Waals surface area contributed by atoms with Crippen LogP contribution in [0.15, 0.2) is 36.3 Å². The molecule has 0 aliphatic carbocycles. The van der Waals surface area contributed by atoms with Gasteiger partial charge in [0.15, 0.2) is 5.82 Å². The van der Waals surface area contributed by atoms with Gasteiger partial charge < -0.3 is 0 Å². The molecule has 0 radical (unpaired) electrons. The molecule has 33 heavy (non-hydrogen) atoms. The lowest BCUT2D eigenvalue weighted by molar-refractivity contribution is -0.105. The van der Waals surface area contributed by atoms with Crippen LogP contribution < -0.4 is 0 Å². The van der Waals surface area contributed by atoms with Gasteiger partial charge in [-0.2, -0.15) is 13.9 Å². The molecule has 0 bridgehead atoms. The summed E-state index contributed by atoms with van der Waals surface area (Å²) in [6.07, 6.45) is 5.73. The second kappa shape index (κ2) is 8.16. The topological polar surface area (TPSA) is 95.8 Å². The molecule has 0 spiro atoms. The van der Waals surface area contributed by atoms with E-state index in [-0.39, 0.29) is 6.04 Å². The van der Waals surface area contributed by atoms with Crippen molar-refractivity contribution in [3.63, 3.8) is 0 Å². The fraction of sp³-hybridized carbons (Fsp3) is 0.286. The molecular formula is C21H19ClF2N8O. The van der Waals surface area contributed by atoms with Crippen molar-refractivity contribution in [3.05, 3.63) is 58.3 Å². The highest BCUT2D eigenvalue weighted by Crippen LogP contribution is 2.44. The van der Waals surface area contributed by atoms with E-state index in [1.807, 2.05) is 31.1 Å². The van der Waals surface area contributed by atoms with Crippen molar-refractivity contribution in [3.8, 4) is 11.1 Å². The molecule has 1 N–H and O–H groups in total. The van der Waals surface area contributed by atoms with Crippen molar-refractivity contribution < 1.29 is 13.6 Å². The normalized spacial score (nSPS) is 16.3. The number of fused-ring (bicyclic) bond motifs is 3. The summed E-state index contributed by atoms with van der Waals surface area (Å²) in [6, 6.07) is 3.75. The first kappa shape index (κ1) is 21.4. The highest BCUT2D eigenvalue weighted by Gasteiger charge is 2.35. The predicted octanol–water partition coefficient (Wildman–Crippen LogP) is 3.91. The Morgan fingerprint density at radius 1 is 1.24 bits per heavy atom. The summed E-state index contributed by atoms with van der Waals surface area (Å²) < 4.78 is 26.6. The van der Waals surface area contributed by atoms with E-state index in [4.69, 9.17) is 11.6 Å². The minimum Gasteiger partial charge on any atom is -0.298 e. The predicted molar refractivity (Wildman–Crippen MR) is 116 cm³/mol. The number of carbonyl (C=O) groups excluding carboxylic acids is 1. The average Bonchev–Trinajstić information content (AvgIpc) is 3.49. The Labute approximate surface area is 192 Å². The van der Waals surface area contributed by atoms with Gasteiger partial charge in [0, 0.05) is 64.3 Å². The molecule has 0 atom stereocenters. The molecule has 0 fully saturated rings. The number of nitrogens with zero attached hydrogens (tertiary/aromatic N) is 7. The Morgan fingerprint density at radius 2 is 2.06 bits per heavy atom. The second-order valence-electron chi connectivity index (χ2n) is 8.08. The Morgan fingerprint density at radius 3 is 2.70 bits per heavy atom. The highest BCUT2D eigenvalue weighted by molar-refractivity contribution is 6.33. The number of hydrogen-bond donors (Lipinski definition) is 1. The molecular weight excluding hydrogens is 454 g/mol. The summed E-state index contributed by atoms with van der Waals surface area (Å²) in [4.78, 5) is 12.1. The summed E-state index contributed by atoms with van der Waals surface area (Å²) in [7, 11) is 0.